The lowest BCUT2D eigenvalue weighted by molar-refractivity contribution is 0.0708. The largest absolute Gasteiger partial charge is 0.338 e. The van der Waals surface area contributed by atoms with E-state index in [1.807, 2.05) is 109 Å². The summed E-state index contributed by atoms with van der Waals surface area (Å²) in [6.45, 7) is 0. The molecule has 1 heterocycles. The maximum atomic E-state index is 13.6. The molecule has 0 bridgehead atoms. The van der Waals surface area contributed by atoms with Gasteiger partial charge in [-0.2, -0.15) is 5.10 Å². The van der Waals surface area contributed by atoms with Gasteiger partial charge >= 0.3 is 0 Å². The molecule has 0 radical (unpaired) electrons. The molecule has 4 aromatic carbocycles. The van der Waals surface area contributed by atoms with E-state index in [0.29, 0.717) is 11.4 Å². The van der Waals surface area contributed by atoms with Crippen molar-refractivity contribution in [2.24, 2.45) is 5.10 Å². The molecular weight excluding hydrogens is 382 g/mol. The second kappa shape index (κ2) is 8.28. The van der Waals surface area contributed by atoms with Crippen molar-refractivity contribution in [3.05, 3.63) is 138 Å². The van der Waals surface area contributed by atoms with E-state index in [9.17, 15) is 4.79 Å². The molecule has 31 heavy (non-hydrogen) atoms. The number of nitrogens with one attached hydrogen (secondary N) is 1. The number of amidine groups is 1. The molecule has 4 nitrogen and oxygen atoms in total. The monoisotopic (exact) mass is 403 g/mol. The summed E-state index contributed by atoms with van der Waals surface area (Å²) in [6, 6.07) is 37.0. The molecule has 1 N–H and O–H groups in total. The zero-order valence-electron chi connectivity index (χ0n) is 16.8. The normalized spacial score (nSPS) is 15.0. The van der Waals surface area contributed by atoms with Gasteiger partial charge in [0.1, 0.15) is 6.04 Å². The van der Waals surface area contributed by atoms with E-state index in [2.05, 4.69) is 11.4 Å². The summed E-state index contributed by atoms with van der Waals surface area (Å²) in [5.74, 6) is 0.509. The van der Waals surface area contributed by atoms with E-state index in [0.717, 1.165) is 22.4 Å². The summed E-state index contributed by atoms with van der Waals surface area (Å²) in [5, 5.41) is 9.84. The van der Waals surface area contributed by atoms with Gasteiger partial charge in [-0.3, -0.25) is 4.79 Å². The van der Waals surface area contributed by atoms with Crippen molar-refractivity contribution in [2.45, 2.75) is 6.04 Å². The van der Waals surface area contributed by atoms with Gasteiger partial charge in [0.2, 0.25) is 0 Å². The molecule has 4 aromatic rings. The Kier molecular flexibility index (Phi) is 5.03. The first-order valence-electron chi connectivity index (χ1n) is 10.2. The number of hydrogen-bond donors (Lipinski definition) is 1. The fourth-order valence-electron chi connectivity index (χ4n) is 3.88. The second-order valence-corrected chi connectivity index (χ2v) is 7.36. The lowest BCUT2D eigenvalue weighted by Crippen LogP contribution is -2.38. The Hall–Kier alpha value is -4.18. The molecule has 0 fully saturated rings. The van der Waals surface area contributed by atoms with Crippen LogP contribution in [0.2, 0.25) is 0 Å². The van der Waals surface area contributed by atoms with E-state index >= 15 is 0 Å². The van der Waals surface area contributed by atoms with Crippen LogP contribution in [0.5, 0.6) is 0 Å². The predicted octanol–water partition coefficient (Wildman–Crippen LogP) is 5.71. The van der Waals surface area contributed by atoms with Crippen LogP contribution in [0.25, 0.3) is 0 Å². The molecule has 0 aromatic heterocycles. The van der Waals surface area contributed by atoms with Crippen molar-refractivity contribution < 1.29 is 4.79 Å². The second-order valence-electron chi connectivity index (χ2n) is 7.36. The minimum atomic E-state index is -0.313. The Labute approximate surface area is 181 Å². The van der Waals surface area contributed by atoms with Gasteiger partial charge in [0.15, 0.2) is 5.84 Å². The average molecular weight is 403 g/mol. The van der Waals surface area contributed by atoms with E-state index in [1.165, 1.54) is 0 Å². The van der Waals surface area contributed by atoms with E-state index < -0.39 is 0 Å². The number of hydrogen-bond acceptors (Lipinski definition) is 3. The molecule has 0 saturated carbocycles. The molecular formula is C27H21N3O. The molecule has 1 amide bonds. The van der Waals surface area contributed by atoms with Crippen LogP contribution in [0.15, 0.2) is 120 Å². The summed E-state index contributed by atoms with van der Waals surface area (Å²) in [7, 11) is 0. The van der Waals surface area contributed by atoms with Crippen LogP contribution < -0.4 is 5.32 Å². The SMILES string of the molecule is O=C(c1ccccc1)N1N=C(Nc2ccccc2)c2ccccc2C1c1ccccc1. The van der Waals surface area contributed by atoms with Gasteiger partial charge in [0, 0.05) is 16.8 Å². The highest BCUT2D eigenvalue weighted by atomic mass is 16.2. The Balaban J connectivity index is 1.66. The molecule has 1 aliphatic heterocycles. The zero-order chi connectivity index (χ0) is 21.0. The summed E-state index contributed by atoms with van der Waals surface area (Å²) >= 11 is 0. The van der Waals surface area contributed by atoms with Crippen LogP contribution >= 0.6 is 0 Å². The average Bonchev–Trinajstić information content (AvgIpc) is 2.85. The number of fused-ring (bicyclic) bond motifs is 1. The van der Waals surface area contributed by atoms with Crippen molar-refractivity contribution in [1.29, 1.82) is 0 Å². The number of hydrazone groups is 1. The van der Waals surface area contributed by atoms with Crippen LogP contribution in [-0.2, 0) is 0 Å². The number of para-hydroxylation sites is 1. The molecule has 0 spiro atoms. The van der Waals surface area contributed by atoms with Crippen molar-refractivity contribution >= 4 is 17.4 Å². The topological polar surface area (TPSA) is 44.7 Å². The summed E-state index contributed by atoms with van der Waals surface area (Å²) in [5.41, 5.74) is 4.55. The summed E-state index contributed by atoms with van der Waals surface area (Å²) in [6.07, 6.45) is 0. The van der Waals surface area contributed by atoms with Crippen LogP contribution in [0.4, 0.5) is 5.69 Å². The molecule has 0 aliphatic carbocycles. The number of amides is 1. The van der Waals surface area contributed by atoms with Crippen LogP contribution in [-0.4, -0.2) is 16.8 Å². The Morgan fingerprint density at radius 1 is 0.710 bits per heavy atom. The standard InChI is InChI=1S/C27H21N3O/c31-27(21-14-6-2-7-15-21)30-25(20-12-4-1-5-13-20)23-18-10-11-19-24(23)26(29-30)28-22-16-8-3-9-17-22/h1-19,25H,(H,28,29). The van der Waals surface area contributed by atoms with E-state index in [4.69, 9.17) is 5.10 Å². The Bertz CT molecular complexity index is 1220. The van der Waals surface area contributed by atoms with Gasteiger partial charge in [-0.15, -0.1) is 0 Å². The molecule has 150 valence electrons. The number of carbonyl (C=O) groups excluding carboxylic acids is 1. The number of benzene rings is 4. The van der Waals surface area contributed by atoms with Crippen molar-refractivity contribution in [2.75, 3.05) is 5.32 Å². The molecule has 1 atom stereocenters. The van der Waals surface area contributed by atoms with Crippen molar-refractivity contribution in [3.8, 4) is 0 Å². The zero-order valence-corrected chi connectivity index (χ0v) is 16.8. The van der Waals surface area contributed by atoms with Gasteiger partial charge in [-0.25, -0.2) is 5.01 Å². The van der Waals surface area contributed by atoms with Crippen LogP contribution in [0.3, 0.4) is 0 Å². The fourth-order valence-corrected chi connectivity index (χ4v) is 3.88. The third-order valence-corrected chi connectivity index (χ3v) is 5.34. The molecule has 1 unspecified atom stereocenters. The highest BCUT2D eigenvalue weighted by molar-refractivity contribution is 6.11. The lowest BCUT2D eigenvalue weighted by atomic mass is 9.91. The first-order valence-corrected chi connectivity index (χ1v) is 10.2. The minimum Gasteiger partial charge on any atom is -0.338 e. The van der Waals surface area contributed by atoms with Crippen LogP contribution in [0, 0.1) is 0 Å². The predicted molar refractivity (Wildman–Crippen MR) is 124 cm³/mol. The Morgan fingerprint density at radius 3 is 2.00 bits per heavy atom. The van der Waals surface area contributed by atoms with Gasteiger partial charge in [-0.1, -0.05) is 91.0 Å². The fraction of sp³-hybridized carbons (Fsp3) is 0.0370. The molecule has 0 saturated heterocycles. The highest BCUT2D eigenvalue weighted by Gasteiger charge is 2.34. The van der Waals surface area contributed by atoms with Crippen LogP contribution in [0.1, 0.15) is 33.1 Å². The maximum Gasteiger partial charge on any atom is 0.274 e. The number of nitrogens with zero attached hydrogens (tertiary/aromatic N) is 2. The number of rotatable bonds is 3. The van der Waals surface area contributed by atoms with E-state index in [-0.39, 0.29) is 11.9 Å². The first kappa shape index (κ1) is 18.8. The minimum absolute atomic E-state index is 0.142. The highest BCUT2D eigenvalue weighted by Crippen LogP contribution is 2.36. The summed E-state index contributed by atoms with van der Waals surface area (Å²) in [4.78, 5) is 13.6. The molecule has 5 rings (SSSR count). The van der Waals surface area contributed by atoms with E-state index in [1.54, 1.807) is 5.01 Å². The van der Waals surface area contributed by atoms with Gasteiger partial charge in [0.25, 0.3) is 5.91 Å². The lowest BCUT2D eigenvalue weighted by Gasteiger charge is -2.34. The molecule has 1 aliphatic rings. The first-order chi connectivity index (χ1) is 15.3. The number of anilines is 1. The van der Waals surface area contributed by atoms with Gasteiger partial charge in [0.05, 0.1) is 0 Å². The Morgan fingerprint density at radius 2 is 1.29 bits per heavy atom. The summed E-state index contributed by atoms with van der Waals surface area (Å²) < 4.78 is 0. The maximum absolute atomic E-state index is 13.6. The quantitative estimate of drug-likeness (QED) is 0.476. The van der Waals surface area contributed by atoms with Gasteiger partial charge in [-0.05, 0) is 35.4 Å². The third kappa shape index (κ3) is 3.71. The molecule has 4 heteroatoms. The van der Waals surface area contributed by atoms with Gasteiger partial charge < -0.3 is 5.32 Å². The van der Waals surface area contributed by atoms with Crippen molar-refractivity contribution in [3.63, 3.8) is 0 Å². The smallest absolute Gasteiger partial charge is 0.274 e. The third-order valence-electron chi connectivity index (χ3n) is 5.34. The van der Waals surface area contributed by atoms with Crippen molar-refractivity contribution in [1.82, 2.24) is 5.01 Å². The number of carbonyl (C=O) groups is 1.